The van der Waals surface area contributed by atoms with E-state index in [4.69, 9.17) is 28.3 Å². The normalized spacial score (nSPS) is 10.7. The van der Waals surface area contributed by atoms with E-state index in [0.29, 0.717) is 27.8 Å². The van der Waals surface area contributed by atoms with Crippen molar-refractivity contribution in [3.8, 4) is 5.69 Å². The van der Waals surface area contributed by atoms with Gasteiger partial charge in [-0.2, -0.15) is 5.10 Å². The second-order valence-corrected chi connectivity index (χ2v) is 7.74. The Morgan fingerprint density at radius 2 is 1.84 bits per heavy atom. The van der Waals surface area contributed by atoms with Crippen molar-refractivity contribution in [2.45, 2.75) is 32.6 Å². The fraction of sp³-hybridized carbons (Fsp3) is 0.227. The zero-order valence-corrected chi connectivity index (χ0v) is 18.4. The highest BCUT2D eigenvalue weighted by Crippen LogP contribution is 2.29. The molecular weight excluding hydrogens is 439 g/mol. The number of rotatable bonds is 8. The zero-order chi connectivity index (χ0) is 22.4. The average Bonchev–Trinajstić information content (AvgIpc) is 3.12. The molecule has 0 spiro atoms. The summed E-state index contributed by atoms with van der Waals surface area (Å²) in [6.45, 7) is 2.10. The molecule has 0 saturated carbocycles. The highest BCUT2D eigenvalue weighted by molar-refractivity contribution is 6.44. The molecule has 1 heterocycles. The quantitative estimate of drug-likeness (QED) is 0.396. The minimum Gasteiger partial charge on any atom is -0.481 e. The van der Waals surface area contributed by atoms with Crippen molar-refractivity contribution in [3.63, 3.8) is 0 Å². The van der Waals surface area contributed by atoms with Gasteiger partial charge in [0.25, 0.3) is 0 Å². The number of hydrogen-bond acceptors (Lipinski definition) is 3. The van der Waals surface area contributed by atoms with Crippen LogP contribution in [0.25, 0.3) is 5.69 Å². The van der Waals surface area contributed by atoms with Crippen LogP contribution >= 0.6 is 23.2 Å². The summed E-state index contributed by atoms with van der Waals surface area (Å²) in [4.78, 5) is 23.5. The van der Waals surface area contributed by atoms with Crippen LogP contribution in [-0.2, 0) is 17.6 Å². The molecule has 2 amide bonds. The van der Waals surface area contributed by atoms with Crippen molar-refractivity contribution in [2.75, 3.05) is 10.6 Å². The third-order valence-electron chi connectivity index (χ3n) is 4.52. The largest absolute Gasteiger partial charge is 0.481 e. The van der Waals surface area contributed by atoms with Crippen LogP contribution in [0.1, 0.15) is 31.0 Å². The molecule has 0 unspecified atom stereocenters. The molecule has 0 radical (unpaired) electrons. The monoisotopic (exact) mass is 460 g/mol. The van der Waals surface area contributed by atoms with Crippen LogP contribution < -0.4 is 10.6 Å². The van der Waals surface area contributed by atoms with Crippen LogP contribution in [0, 0.1) is 0 Å². The third-order valence-corrected chi connectivity index (χ3v) is 5.34. The maximum atomic E-state index is 12.6. The minimum absolute atomic E-state index is 0.0605. The van der Waals surface area contributed by atoms with E-state index in [-0.39, 0.29) is 11.4 Å². The molecule has 0 aliphatic heterocycles. The van der Waals surface area contributed by atoms with E-state index >= 15 is 0 Å². The molecule has 0 fully saturated rings. The van der Waals surface area contributed by atoms with Gasteiger partial charge in [-0.1, -0.05) is 54.7 Å². The van der Waals surface area contributed by atoms with Crippen molar-refractivity contribution < 1.29 is 14.7 Å². The summed E-state index contributed by atoms with van der Waals surface area (Å²) in [5.41, 5.74) is 2.61. The number of amides is 2. The molecule has 7 nitrogen and oxygen atoms in total. The Bertz CT molecular complexity index is 1080. The number of carboxylic acids is 1. The number of carbonyl (C=O) groups is 2. The SMILES string of the molecule is CCCCc1cc(NC(=O)Nc2cccc(Cl)c2Cl)n(-c2ccc(CC(=O)O)cc2)n1. The van der Waals surface area contributed by atoms with Gasteiger partial charge in [-0.15, -0.1) is 0 Å². The standard InChI is InChI=1S/C22H22Cl2N4O3/c1-2-3-5-15-13-19(26-22(31)25-18-7-4-6-17(23)21(18)24)28(27-15)16-10-8-14(9-11-16)12-20(29)30/h4,6-11,13H,2-3,5,12H2,1H3,(H,29,30)(H2,25,26,31). The highest BCUT2D eigenvalue weighted by atomic mass is 35.5. The number of hydrogen-bond donors (Lipinski definition) is 3. The number of benzene rings is 2. The molecule has 0 aliphatic carbocycles. The number of carboxylic acid groups (broad SMARTS) is 1. The predicted octanol–water partition coefficient (Wildman–Crippen LogP) is 5.79. The van der Waals surface area contributed by atoms with Crippen molar-refractivity contribution in [1.82, 2.24) is 9.78 Å². The van der Waals surface area contributed by atoms with Crippen LogP contribution in [0.4, 0.5) is 16.3 Å². The second kappa shape index (κ2) is 10.3. The first-order chi connectivity index (χ1) is 14.9. The molecular formula is C22H22Cl2N4O3. The summed E-state index contributed by atoms with van der Waals surface area (Å²) < 4.78 is 1.62. The van der Waals surface area contributed by atoms with E-state index in [9.17, 15) is 9.59 Å². The molecule has 2 aromatic carbocycles. The second-order valence-electron chi connectivity index (χ2n) is 6.95. The molecule has 3 aromatic rings. The fourth-order valence-corrected chi connectivity index (χ4v) is 3.34. The van der Waals surface area contributed by atoms with Gasteiger partial charge in [-0.05, 0) is 42.7 Å². The van der Waals surface area contributed by atoms with Gasteiger partial charge in [0.05, 0.1) is 33.5 Å². The van der Waals surface area contributed by atoms with E-state index in [1.54, 1.807) is 47.1 Å². The van der Waals surface area contributed by atoms with Gasteiger partial charge < -0.3 is 10.4 Å². The van der Waals surface area contributed by atoms with Crippen LogP contribution in [0.15, 0.2) is 48.5 Å². The number of nitrogens with one attached hydrogen (secondary N) is 2. The molecule has 0 aliphatic rings. The maximum absolute atomic E-state index is 12.6. The van der Waals surface area contributed by atoms with Gasteiger partial charge in [0.15, 0.2) is 0 Å². The number of halogens is 2. The number of unbranched alkanes of at least 4 members (excludes halogenated alkanes) is 1. The Morgan fingerprint density at radius 1 is 1.10 bits per heavy atom. The molecule has 3 N–H and O–H groups in total. The Kier molecular flexibility index (Phi) is 7.55. The minimum atomic E-state index is -0.896. The van der Waals surface area contributed by atoms with E-state index in [1.807, 2.05) is 6.07 Å². The number of nitrogens with zero attached hydrogens (tertiary/aromatic N) is 2. The molecule has 1 aromatic heterocycles. The number of urea groups is 1. The summed E-state index contributed by atoms with van der Waals surface area (Å²) in [6, 6.07) is 13.3. The van der Waals surface area contributed by atoms with Gasteiger partial charge in [-0.25, -0.2) is 9.48 Å². The van der Waals surface area contributed by atoms with Crippen molar-refractivity contribution in [1.29, 1.82) is 0 Å². The summed E-state index contributed by atoms with van der Waals surface area (Å²) in [5.74, 6) is -0.417. The van der Waals surface area contributed by atoms with Gasteiger partial charge in [0, 0.05) is 6.07 Å². The third kappa shape index (κ3) is 5.99. The molecule has 3 rings (SSSR count). The van der Waals surface area contributed by atoms with Gasteiger partial charge in [0.1, 0.15) is 5.82 Å². The Morgan fingerprint density at radius 3 is 2.52 bits per heavy atom. The van der Waals surface area contributed by atoms with E-state index in [0.717, 1.165) is 25.0 Å². The van der Waals surface area contributed by atoms with Gasteiger partial charge in [-0.3, -0.25) is 10.1 Å². The molecule has 0 atom stereocenters. The first kappa shape index (κ1) is 22.7. The molecule has 9 heteroatoms. The van der Waals surface area contributed by atoms with Crippen molar-refractivity contribution in [2.24, 2.45) is 0 Å². The molecule has 0 bridgehead atoms. The number of carbonyl (C=O) groups excluding carboxylic acids is 1. The first-order valence-electron chi connectivity index (χ1n) is 9.79. The van der Waals surface area contributed by atoms with Crippen molar-refractivity contribution in [3.05, 3.63) is 69.8 Å². The Hall–Kier alpha value is -3.03. The lowest BCUT2D eigenvalue weighted by Crippen LogP contribution is -2.21. The molecule has 162 valence electrons. The topological polar surface area (TPSA) is 96.2 Å². The van der Waals surface area contributed by atoms with Crippen LogP contribution in [0.3, 0.4) is 0 Å². The first-order valence-corrected chi connectivity index (χ1v) is 10.5. The van der Waals surface area contributed by atoms with E-state index < -0.39 is 12.0 Å². The summed E-state index contributed by atoms with van der Waals surface area (Å²) in [6.07, 6.45) is 2.71. The summed E-state index contributed by atoms with van der Waals surface area (Å²) in [5, 5.41) is 19.6. The summed E-state index contributed by atoms with van der Waals surface area (Å²) in [7, 11) is 0. The number of aromatic nitrogens is 2. The lowest BCUT2D eigenvalue weighted by atomic mass is 10.1. The van der Waals surface area contributed by atoms with Crippen LogP contribution in [0.2, 0.25) is 10.0 Å². The van der Waals surface area contributed by atoms with Gasteiger partial charge in [0.2, 0.25) is 0 Å². The van der Waals surface area contributed by atoms with Crippen molar-refractivity contribution >= 4 is 46.7 Å². The molecule has 0 saturated heterocycles. The van der Waals surface area contributed by atoms with Crippen LogP contribution in [0.5, 0.6) is 0 Å². The smallest absolute Gasteiger partial charge is 0.324 e. The zero-order valence-electron chi connectivity index (χ0n) is 16.9. The lowest BCUT2D eigenvalue weighted by molar-refractivity contribution is -0.136. The number of anilines is 2. The van der Waals surface area contributed by atoms with E-state index in [2.05, 4.69) is 22.7 Å². The Labute approximate surface area is 190 Å². The fourth-order valence-electron chi connectivity index (χ4n) is 3.00. The molecule has 31 heavy (non-hydrogen) atoms. The number of aryl methyl sites for hydroxylation is 1. The van der Waals surface area contributed by atoms with Gasteiger partial charge >= 0.3 is 12.0 Å². The average molecular weight is 461 g/mol. The Balaban J connectivity index is 1.84. The summed E-state index contributed by atoms with van der Waals surface area (Å²) >= 11 is 12.2. The predicted molar refractivity (Wildman–Crippen MR) is 123 cm³/mol. The van der Waals surface area contributed by atoms with E-state index in [1.165, 1.54) is 0 Å². The highest BCUT2D eigenvalue weighted by Gasteiger charge is 2.14. The number of aliphatic carboxylic acids is 1. The van der Waals surface area contributed by atoms with Crippen LogP contribution in [-0.4, -0.2) is 26.9 Å². The lowest BCUT2D eigenvalue weighted by Gasteiger charge is -2.11. The maximum Gasteiger partial charge on any atom is 0.324 e.